The Kier molecular flexibility index (Phi) is 9.83. The molecule has 2 aromatic heterocycles. The molecular formula is C25H30LiN4O3S-. The van der Waals surface area contributed by atoms with Crippen molar-refractivity contribution in [1.29, 1.82) is 0 Å². The molecule has 2 N–H and O–H groups in total. The summed E-state index contributed by atoms with van der Waals surface area (Å²) in [6.45, 7) is 18.0. The second-order valence-electron chi connectivity index (χ2n) is 8.39. The van der Waals surface area contributed by atoms with E-state index in [1.165, 1.54) is 0 Å². The van der Waals surface area contributed by atoms with Gasteiger partial charge >= 0.3 is 18.9 Å². The maximum Gasteiger partial charge on any atom is 1.00 e. The van der Waals surface area contributed by atoms with Crippen LogP contribution >= 0.6 is 0 Å². The molecule has 7 nitrogen and oxygen atoms in total. The van der Waals surface area contributed by atoms with Gasteiger partial charge in [-0.1, -0.05) is 19.9 Å². The summed E-state index contributed by atoms with van der Waals surface area (Å²) in [5.41, 5.74) is 2.95. The number of allylic oxidation sites excluding steroid dienone is 2. The van der Waals surface area contributed by atoms with Gasteiger partial charge in [0.05, 0.1) is 11.3 Å². The summed E-state index contributed by atoms with van der Waals surface area (Å²) in [5, 5.41) is 3.60. The monoisotopic (exact) mass is 473 g/mol. The summed E-state index contributed by atoms with van der Waals surface area (Å²) in [5.74, 6) is 0.621. The number of nitrogens with one attached hydrogen (secondary N) is 2. The first-order valence-corrected chi connectivity index (χ1v) is 12.8. The number of pyridine rings is 2. The minimum absolute atomic E-state index is 0. The number of anilines is 1. The number of carbonyl (C=O) groups is 1. The van der Waals surface area contributed by atoms with E-state index < -0.39 is 16.1 Å². The number of hydrogen-bond donors (Lipinski definition) is 2. The topological polar surface area (TPSA) is 101 Å². The summed E-state index contributed by atoms with van der Waals surface area (Å²) in [7, 11) is -3.39. The molecule has 0 saturated heterocycles. The maximum atomic E-state index is 12.1. The van der Waals surface area contributed by atoms with Crippen LogP contribution in [0.5, 0.6) is 0 Å². The predicted molar refractivity (Wildman–Crippen MR) is 131 cm³/mol. The van der Waals surface area contributed by atoms with Crippen LogP contribution in [0.25, 0.3) is 16.5 Å². The molecule has 0 radical (unpaired) electrons. The van der Waals surface area contributed by atoms with Crippen molar-refractivity contribution in [1.82, 2.24) is 14.7 Å². The zero-order valence-corrected chi connectivity index (χ0v) is 21.1. The third kappa shape index (κ3) is 7.38. The van der Waals surface area contributed by atoms with Crippen molar-refractivity contribution in [3.63, 3.8) is 0 Å². The van der Waals surface area contributed by atoms with E-state index in [0.29, 0.717) is 46.5 Å². The number of fused-ring (bicyclic) bond motifs is 1. The minimum atomic E-state index is -3.39. The van der Waals surface area contributed by atoms with E-state index in [0.717, 1.165) is 18.2 Å². The van der Waals surface area contributed by atoms with E-state index in [-0.39, 0.29) is 36.4 Å². The SMILES string of the molecule is [CH-]=C(/C(C)=C\C(=[CH-])[C@H](CC)NS(=O)(=O)CCC)c1cnc2cc(NC(=O)C3CC3)ncc2c1.[Li+]. The Morgan fingerprint density at radius 3 is 2.53 bits per heavy atom. The fourth-order valence-electron chi connectivity index (χ4n) is 3.40. The van der Waals surface area contributed by atoms with Crippen LogP contribution in [0.15, 0.2) is 41.7 Å². The molecule has 34 heavy (non-hydrogen) atoms. The van der Waals surface area contributed by atoms with Crippen LogP contribution in [-0.4, -0.2) is 36.1 Å². The number of carbonyl (C=O) groups excluding carboxylic acids is 1. The first-order valence-electron chi connectivity index (χ1n) is 11.1. The van der Waals surface area contributed by atoms with E-state index in [2.05, 4.69) is 20.0 Å². The Labute approximate surface area is 214 Å². The van der Waals surface area contributed by atoms with E-state index in [1.54, 1.807) is 24.5 Å². The van der Waals surface area contributed by atoms with E-state index in [9.17, 15) is 13.2 Å². The number of nitrogens with zero attached hydrogens (tertiary/aromatic N) is 2. The molecule has 1 aliphatic rings. The summed E-state index contributed by atoms with van der Waals surface area (Å²) < 4.78 is 26.9. The zero-order chi connectivity index (χ0) is 24.2. The van der Waals surface area contributed by atoms with Crippen LogP contribution in [-0.2, 0) is 14.8 Å². The van der Waals surface area contributed by atoms with Crippen molar-refractivity contribution in [2.24, 2.45) is 5.92 Å². The maximum absolute atomic E-state index is 12.1. The normalized spacial score (nSPS) is 14.9. The van der Waals surface area contributed by atoms with Gasteiger partial charge in [0.2, 0.25) is 15.9 Å². The van der Waals surface area contributed by atoms with Crippen molar-refractivity contribution in [2.75, 3.05) is 11.1 Å². The first-order chi connectivity index (χ1) is 15.6. The van der Waals surface area contributed by atoms with Crippen molar-refractivity contribution >= 4 is 38.2 Å². The molecule has 0 bridgehead atoms. The Bertz CT molecular complexity index is 1220. The number of amides is 1. The summed E-state index contributed by atoms with van der Waals surface area (Å²) in [6, 6.07) is 3.09. The van der Waals surface area contributed by atoms with E-state index >= 15 is 0 Å². The minimum Gasteiger partial charge on any atom is -0.310 e. The van der Waals surface area contributed by atoms with Gasteiger partial charge in [0, 0.05) is 29.6 Å². The Morgan fingerprint density at radius 2 is 1.91 bits per heavy atom. The van der Waals surface area contributed by atoms with Crippen LogP contribution in [0.3, 0.4) is 0 Å². The van der Waals surface area contributed by atoms with E-state index in [1.807, 2.05) is 26.8 Å². The molecule has 0 unspecified atom stereocenters. The number of sulfonamides is 1. The molecule has 1 amide bonds. The quantitative estimate of drug-likeness (QED) is 0.290. The summed E-state index contributed by atoms with van der Waals surface area (Å²) >= 11 is 0. The standard InChI is InChI=1S/C25H30N4O3S.Li/c1-6-10-33(31,32)29-22(7-2)17(4)11-16(3)18(5)20-12-21-15-27-24(13-23(21)26-14-20)28-25(30)19-8-9-19;/h4-5,11-15,19,22,29H,6-10H2,1-3H3,(H,27,28,30);/q-2;+1/b16-11-;/t22-;/m0./s1. The third-order valence-corrected chi connectivity index (χ3v) is 7.08. The summed E-state index contributed by atoms with van der Waals surface area (Å²) in [4.78, 5) is 20.7. The van der Waals surface area contributed by atoms with Gasteiger partial charge in [-0.05, 0) is 31.9 Å². The smallest absolute Gasteiger partial charge is 0.310 e. The van der Waals surface area contributed by atoms with Gasteiger partial charge in [0.15, 0.2) is 0 Å². The average molecular weight is 474 g/mol. The summed E-state index contributed by atoms with van der Waals surface area (Å²) in [6.07, 6.45) is 7.89. The van der Waals surface area contributed by atoms with Crippen molar-refractivity contribution in [3.8, 4) is 0 Å². The van der Waals surface area contributed by atoms with Gasteiger partial charge in [-0.3, -0.25) is 22.4 Å². The molecule has 176 valence electrons. The predicted octanol–water partition coefficient (Wildman–Crippen LogP) is 1.21. The zero-order valence-electron chi connectivity index (χ0n) is 20.3. The van der Waals surface area contributed by atoms with Crippen molar-refractivity contribution in [3.05, 3.63) is 60.5 Å². The van der Waals surface area contributed by atoms with Crippen LogP contribution in [0, 0.1) is 19.1 Å². The van der Waals surface area contributed by atoms with Crippen LogP contribution in [0.2, 0.25) is 0 Å². The number of hydrogen-bond acceptors (Lipinski definition) is 5. The second-order valence-corrected chi connectivity index (χ2v) is 10.3. The molecule has 2 heterocycles. The largest absolute Gasteiger partial charge is 1.00 e. The van der Waals surface area contributed by atoms with Gasteiger partial charge < -0.3 is 5.32 Å². The molecule has 1 fully saturated rings. The molecule has 0 aliphatic heterocycles. The number of rotatable bonds is 11. The third-order valence-electron chi connectivity index (χ3n) is 5.49. The molecular weight excluding hydrogens is 443 g/mol. The van der Waals surface area contributed by atoms with Gasteiger partial charge in [-0.2, -0.15) is 0 Å². The van der Waals surface area contributed by atoms with Crippen LogP contribution < -0.4 is 28.9 Å². The molecule has 1 aliphatic carbocycles. The first kappa shape index (κ1) is 28.0. The molecule has 1 atom stereocenters. The van der Waals surface area contributed by atoms with E-state index in [4.69, 9.17) is 13.2 Å². The van der Waals surface area contributed by atoms with Gasteiger partial charge in [0.25, 0.3) is 0 Å². The Balaban J connectivity index is 0.00000408. The molecule has 0 aromatic carbocycles. The Morgan fingerprint density at radius 1 is 1.21 bits per heavy atom. The molecule has 1 saturated carbocycles. The van der Waals surface area contributed by atoms with Gasteiger partial charge in [-0.25, -0.2) is 41.4 Å². The molecule has 2 aromatic rings. The van der Waals surface area contributed by atoms with Gasteiger partial charge in [-0.15, -0.1) is 12.5 Å². The second kappa shape index (κ2) is 11.9. The van der Waals surface area contributed by atoms with Gasteiger partial charge in [0.1, 0.15) is 5.82 Å². The average Bonchev–Trinajstić information content (AvgIpc) is 3.62. The number of aromatic nitrogens is 2. The fourth-order valence-corrected chi connectivity index (χ4v) is 4.79. The van der Waals surface area contributed by atoms with Crippen LogP contribution in [0.4, 0.5) is 5.82 Å². The van der Waals surface area contributed by atoms with Crippen molar-refractivity contribution < 1.29 is 32.1 Å². The molecule has 9 heteroatoms. The Hall–Kier alpha value is -2.24. The molecule has 0 spiro atoms. The van der Waals surface area contributed by atoms with Crippen molar-refractivity contribution in [2.45, 2.75) is 52.5 Å². The fraction of sp³-hybridized carbons (Fsp3) is 0.400. The molecule has 3 rings (SSSR count). The van der Waals surface area contributed by atoms with Crippen LogP contribution in [0.1, 0.15) is 52.0 Å².